The highest BCUT2D eigenvalue weighted by atomic mass is 35.5. The van der Waals surface area contributed by atoms with Crippen LogP contribution in [0, 0.1) is 11.2 Å². The molecule has 1 spiro atoms. The van der Waals surface area contributed by atoms with Gasteiger partial charge in [0.05, 0.1) is 18.0 Å². The molecule has 1 N–H and O–H groups in total. The third-order valence-corrected chi connectivity index (χ3v) is 7.99. The van der Waals surface area contributed by atoms with E-state index in [-0.39, 0.29) is 34.3 Å². The SMILES string of the molecule is CC(C)(C)CCN1C(=O)N(Cc2cc(F)c(Cl)cc2Cl)C2(CCN(c3cccc(CC(=O)O)c3)CC2)C1=O. The first-order valence-corrected chi connectivity index (χ1v) is 13.4. The molecule has 0 saturated carbocycles. The number of carbonyl (C=O) groups excluding carboxylic acids is 2. The van der Waals surface area contributed by atoms with E-state index < -0.39 is 23.4 Å². The maximum atomic E-state index is 14.3. The number of halogens is 3. The van der Waals surface area contributed by atoms with Crippen LogP contribution >= 0.6 is 23.2 Å². The average Bonchev–Trinajstić information content (AvgIpc) is 3.01. The van der Waals surface area contributed by atoms with Crippen molar-refractivity contribution in [2.45, 2.75) is 58.5 Å². The van der Waals surface area contributed by atoms with Crippen molar-refractivity contribution < 1.29 is 23.9 Å². The summed E-state index contributed by atoms with van der Waals surface area (Å²) >= 11 is 12.2. The van der Waals surface area contributed by atoms with Gasteiger partial charge in [-0.15, -0.1) is 0 Å². The number of carboxylic acid groups (broad SMARTS) is 1. The molecule has 2 aliphatic heterocycles. The molecule has 38 heavy (non-hydrogen) atoms. The minimum absolute atomic E-state index is 0.0163. The number of urea groups is 1. The van der Waals surface area contributed by atoms with Gasteiger partial charge in [0, 0.05) is 30.3 Å². The summed E-state index contributed by atoms with van der Waals surface area (Å²) in [7, 11) is 0. The van der Waals surface area contributed by atoms with Crippen LogP contribution < -0.4 is 4.90 Å². The Bertz CT molecular complexity index is 1260. The van der Waals surface area contributed by atoms with E-state index >= 15 is 0 Å². The zero-order valence-corrected chi connectivity index (χ0v) is 23.3. The lowest BCUT2D eigenvalue weighted by Gasteiger charge is -2.43. The van der Waals surface area contributed by atoms with E-state index in [1.165, 1.54) is 17.0 Å². The van der Waals surface area contributed by atoms with E-state index in [2.05, 4.69) is 25.7 Å². The smallest absolute Gasteiger partial charge is 0.327 e. The molecule has 2 aromatic carbocycles. The Morgan fingerprint density at radius 3 is 2.39 bits per heavy atom. The second-order valence-electron chi connectivity index (χ2n) is 11.3. The maximum Gasteiger partial charge on any atom is 0.327 e. The Morgan fingerprint density at radius 1 is 1.08 bits per heavy atom. The number of piperidine rings is 1. The molecule has 0 aromatic heterocycles. The van der Waals surface area contributed by atoms with Crippen LogP contribution in [0.25, 0.3) is 0 Å². The van der Waals surface area contributed by atoms with Crippen molar-refractivity contribution in [2.75, 3.05) is 24.5 Å². The van der Waals surface area contributed by atoms with Gasteiger partial charge in [0.2, 0.25) is 0 Å². The van der Waals surface area contributed by atoms with Crippen molar-refractivity contribution in [3.05, 3.63) is 63.4 Å². The third-order valence-electron chi connectivity index (χ3n) is 7.35. The lowest BCUT2D eigenvalue weighted by molar-refractivity contribution is -0.136. The van der Waals surface area contributed by atoms with E-state index in [1.807, 2.05) is 18.2 Å². The molecule has 0 atom stereocenters. The van der Waals surface area contributed by atoms with Gasteiger partial charge in [-0.3, -0.25) is 14.5 Å². The fourth-order valence-electron chi connectivity index (χ4n) is 5.16. The molecule has 7 nitrogen and oxygen atoms in total. The fraction of sp³-hybridized carbons (Fsp3) is 0.464. The first kappa shape index (κ1) is 28.2. The van der Waals surface area contributed by atoms with Crippen molar-refractivity contribution in [2.24, 2.45) is 5.41 Å². The summed E-state index contributed by atoms with van der Waals surface area (Å²) in [6.07, 6.45) is 1.32. The lowest BCUT2D eigenvalue weighted by atomic mass is 9.85. The fourth-order valence-corrected chi connectivity index (χ4v) is 5.60. The number of hydrogen-bond acceptors (Lipinski definition) is 4. The van der Waals surface area contributed by atoms with Gasteiger partial charge in [0.15, 0.2) is 0 Å². The number of aliphatic carboxylic acids is 1. The van der Waals surface area contributed by atoms with Gasteiger partial charge in [-0.2, -0.15) is 0 Å². The number of amides is 3. The third kappa shape index (κ3) is 5.76. The second-order valence-corrected chi connectivity index (χ2v) is 12.1. The molecule has 3 amide bonds. The van der Waals surface area contributed by atoms with E-state index in [9.17, 15) is 18.8 Å². The molecular formula is C28H32Cl2FN3O4. The Balaban J connectivity index is 1.62. The number of carbonyl (C=O) groups is 3. The van der Waals surface area contributed by atoms with Crippen molar-refractivity contribution in [1.82, 2.24) is 9.80 Å². The molecule has 2 saturated heterocycles. The normalized spacial score (nSPS) is 17.6. The molecule has 2 heterocycles. The monoisotopic (exact) mass is 563 g/mol. The summed E-state index contributed by atoms with van der Waals surface area (Å²) < 4.78 is 14.3. The summed E-state index contributed by atoms with van der Waals surface area (Å²) in [5, 5.41) is 9.27. The van der Waals surface area contributed by atoms with E-state index in [1.54, 1.807) is 11.0 Å². The molecule has 2 fully saturated rings. The second kappa shape index (κ2) is 10.7. The van der Waals surface area contributed by atoms with Crippen molar-refractivity contribution in [1.29, 1.82) is 0 Å². The van der Waals surface area contributed by atoms with Crippen LogP contribution in [0.1, 0.15) is 51.2 Å². The first-order valence-electron chi connectivity index (χ1n) is 12.6. The molecule has 2 aromatic rings. The minimum atomic E-state index is -1.08. The number of carboxylic acids is 1. The molecule has 4 rings (SSSR count). The van der Waals surface area contributed by atoms with E-state index in [0.29, 0.717) is 50.0 Å². The molecule has 0 radical (unpaired) electrons. The van der Waals surface area contributed by atoms with Gasteiger partial charge < -0.3 is 14.9 Å². The summed E-state index contributed by atoms with van der Waals surface area (Å²) in [6.45, 7) is 7.42. The number of anilines is 1. The number of rotatable bonds is 7. The Hall–Kier alpha value is -2.84. The highest BCUT2D eigenvalue weighted by molar-refractivity contribution is 6.35. The Morgan fingerprint density at radius 2 is 1.76 bits per heavy atom. The van der Waals surface area contributed by atoms with Crippen LogP contribution in [0.5, 0.6) is 0 Å². The average molecular weight is 564 g/mol. The standard InChI is InChI=1S/C28H32Cl2FN3O4/c1-27(2,3)7-12-33-25(37)28(34(26(33)38)17-19-15-23(31)22(30)16-21(19)29)8-10-32(11-9-28)20-6-4-5-18(13-20)14-24(35)36/h4-6,13,15-16H,7-12,14,17H2,1-3H3,(H,35,36). The van der Waals surface area contributed by atoms with E-state index in [0.717, 1.165) is 5.69 Å². The zero-order valence-electron chi connectivity index (χ0n) is 21.8. The predicted molar refractivity (Wildman–Crippen MR) is 145 cm³/mol. The van der Waals surface area contributed by atoms with Crippen molar-refractivity contribution in [3.63, 3.8) is 0 Å². The van der Waals surface area contributed by atoms with Gasteiger partial charge >= 0.3 is 12.0 Å². The van der Waals surface area contributed by atoms with Crippen LogP contribution in [0.15, 0.2) is 36.4 Å². The zero-order chi connectivity index (χ0) is 27.8. The molecule has 0 unspecified atom stereocenters. The molecule has 2 aliphatic rings. The number of benzene rings is 2. The summed E-state index contributed by atoms with van der Waals surface area (Å²) in [5.41, 5.74) is 0.791. The van der Waals surface area contributed by atoms with Crippen LogP contribution in [0.4, 0.5) is 14.9 Å². The van der Waals surface area contributed by atoms with Crippen molar-refractivity contribution in [3.8, 4) is 0 Å². The highest BCUT2D eigenvalue weighted by Crippen LogP contribution is 2.41. The van der Waals surface area contributed by atoms with Gasteiger partial charge in [-0.1, -0.05) is 56.1 Å². The van der Waals surface area contributed by atoms with Crippen LogP contribution in [0.3, 0.4) is 0 Å². The van der Waals surface area contributed by atoms with Crippen LogP contribution in [-0.2, 0) is 22.6 Å². The summed E-state index contributed by atoms with van der Waals surface area (Å²) in [5.74, 6) is -1.78. The van der Waals surface area contributed by atoms with Crippen LogP contribution in [-0.4, -0.2) is 58.0 Å². The lowest BCUT2D eigenvalue weighted by Crippen LogP contribution is -2.56. The highest BCUT2D eigenvalue weighted by Gasteiger charge is 2.58. The summed E-state index contributed by atoms with van der Waals surface area (Å²) in [6, 6.07) is 9.48. The number of hydrogen-bond donors (Lipinski definition) is 1. The molecule has 0 bridgehead atoms. The van der Waals surface area contributed by atoms with Gasteiger partial charge in [-0.25, -0.2) is 9.18 Å². The predicted octanol–water partition coefficient (Wildman–Crippen LogP) is 6.00. The van der Waals surface area contributed by atoms with Gasteiger partial charge in [0.25, 0.3) is 5.91 Å². The topological polar surface area (TPSA) is 81.2 Å². The Labute approximate surface area is 232 Å². The Kier molecular flexibility index (Phi) is 7.96. The molecule has 10 heteroatoms. The maximum absolute atomic E-state index is 14.3. The number of nitrogens with zero attached hydrogens (tertiary/aromatic N) is 3. The summed E-state index contributed by atoms with van der Waals surface area (Å²) in [4.78, 5) is 43.7. The molecular weight excluding hydrogens is 532 g/mol. The molecule has 0 aliphatic carbocycles. The van der Waals surface area contributed by atoms with Gasteiger partial charge in [-0.05, 0) is 60.1 Å². The largest absolute Gasteiger partial charge is 0.481 e. The van der Waals surface area contributed by atoms with E-state index in [4.69, 9.17) is 28.3 Å². The number of imide groups is 1. The van der Waals surface area contributed by atoms with Gasteiger partial charge in [0.1, 0.15) is 11.4 Å². The first-order chi connectivity index (χ1) is 17.8. The quantitative estimate of drug-likeness (QED) is 0.330. The van der Waals surface area contributed by atoms with Crippen molar-refractivity contribution >= 4 is 46.8 Å². The minimum Gasteiger partial charge on any atom is -0.481 e. The molecule has 204 valence electrons. The van der Waals surface area contributed by atoms with Crippen LogP contribution in [0.2, 0.25) is 10.0 Å².